The van der Waals surface area contributed by atoms with Crippen LogP contribution >= 0.6 is 11.8 Å². The fourth-order valence-corrected chi connectivity index (χ4v) is 3.16. The molecule has 0 aliphatic rings. The van der Waals surface area contributed by atoms with Crippen LogP contribution in [-0.2, 0) is 0 Å². The SMILES string of the molecule is CCCCS/C=C\[Si](C)(C)C. The Morgan fingerprint density at radius 2 is 1.91 bits per heavy atom. The maximum Gasteiger partial charge on any atom is 0.0693 e. The van der Waals surface area contributed by atoms with Crippen LogP contribution in [0.15, 0.2) is 11.1 Å². The lowest BCUT2D eigenvalue weighted by Crippen LogP contribution is -2.14. The van der Waals surface area contributed by atoms with Gasteiger partial charge in [0.1, 0.15) is 0 Å². The second kappa shape index (κ2) is 5.89. The van der Waals surface area contributed by atoms with Gasteiger partial charge in [-0.1, -0.05) is 38.7 Å². The molecule has 0 radical (unpaired) electrons. The van der Waals surface area contributed by atoms with E-state index in [0.29, 0.717) is 0 Å². The van der Waals surface area contributed by atoms with Crippen LogP contribution in [0.1, 0.15) is 19.8 Å². The van der Waals surface area contributed by atoms with Gasteiger partial charge >= 0.3 is 0 Å². The molecule has 2 heteroatoms. The maximum absolute atomic E-state index is 2.41. The number of hydrogen-bond donors (Lipinski definition) is 0. The van der Waals surface area contributed by atoms with E-state index in [0.717, 1.165) is 0 Å². The highest BCUT2D eigenvalue weighted by atomic mass is 32.2. The standard InChI is InChI=1S/C9H20SSi/c1-5-6-7-10-8-9-11(2,3)4/h8-9H,5-7H2,1-4H3/b9-8-. The summed E-state index contributed by atoms with van der Waals surface area (Å²) in [4.78, 5) is 0. The predicted octanol–water partition coefficient (Wildman–Crippen LogP) is 3.91. The normalized spacial score (nSPS) is 12.7. The molecule has 0 fully saturated rings. The molecule has 0 aromatic carbocycles. The zero-order chi connectivity index (χ0) is 8.74. The van der Waals surface area contributed by atoms with Crippen LogP contribution in [0, 0.1) is 0 Å². The van der Waals surface area contributed by atoms with Crippen molar-refractivity contribution in [3.05, 3.63) is 11.1 Å². The first-order valence-electron chi connectivity index (χ1n) is 4.35. The predicted molar refractivity (Wildman–Crippen MR) is 59.9 cm³/mol. The van der Waals surface area contributed by atoms with E-state index in [1.54, 1.807) is 0 Å². The number of thioether (sulfide) groups is 1. The molecule has 0 heterocycles. The van der Waals surface area contributed by atoms with Crippen molar-refractivity contribution in [3.8, 4) is 0 Å². The molecule has 0 amide bonds. The first kappa shape index (κ1) is 11.3. The number of hydrogen-bond acceptors (Lipinski definition) is 1. The average Bonchev–Trinajstić information content (AvgIpc) is 1.85. The van der Waals surface area contributed by atoms with Gasteiger partial charge in [-0.15, -0.1) is 11.8 Å². The smallest absolute Gasteiger partial charge is 0.0693 e. The Hall–Kier alpha value is 0.307. The van der Waals surface area contributed by atoms with Gasteiger partial charge in [-0.25, -0.2) is 0 Å². The second-order valence-electron chi connectivity index (χ2n) is 3.89. The van der Waals surface area contributed by atoms with Gasteiger partial charge in [0.25, 0.3) is 0 Å². The minimum atomic E-state index is -0.919. The van der Waals surface area contributed by atoms with Crippen LogP contribution in [0.2, 0.25) is 19.6 Å². The highest BCUT2D eigenvalue weighted by Crippen LogP contribution is 2.10. The molecule has 0 unspecified atom stereocenters. The van der Waals surface area contributed by atoms with Gasteiger partial charge in [0.05, 0.1) is 8.07 Å². The largest absolute Gasteiger partial charge is 0.135 e. The molecular weight excluding hydrogens is 168 g/mol. The quantitative estimate of drug-likeness (QED) is 0.465. The van der Waals surface area contributed by atoms with Gasteiger partial charge in [0.15, 0.2) is 0 Å². The van der Waals surface area contributed by atoms with Gasteiger partial charge < -0.3 is 0 Å². The summed E-state index contributed by atoms with van der Waals surface area (Å²) in [5.74, 6) is 1.29. The molecule has 0 saturated carbocycles. The molecule has 0 aromatic rings. The van der Waals surface area contributed by atoms with Crippen LogP contribution in [0.25, 0.3) is 0 Å². The molecule has 0 aromatic heterocycles. The molecule has 0 bridgehead atoms. The highest BCUT2D eigenvalue weighted by Gasteiger charge is 2.05. The molecule has 0 N–H and O–H groups in total. The van der Waals surface area contributed by atoms with Crippen LogP contribution in [0.3, 0.4) is 0 Å². The summed E-state index contributed by atoms with van der Waals surface area (Å²) < 4.78 is 0. The first-order valence-corrected chi connectivity index (χ1v) is 8.98. The van der Waals surface area contributed by atoms with Gasteiger partial charge in [-0.2, -0.15) is 0 Å². The third-order valence-corrected chi connectivity index (χ3v) is 3.54. The molecule has 11 heavy (non-hydrogen) atoms. The molecule has 0 rings (SSSR count). The van der Waals surface area contributed by atoms with Crippen LogP contribution in [-0.4, -0.2) is 13.8 Å². The van der Waals surface area contributed by atoms with Gasteiger partial charge in [-0.3, -0.25) is 0 Å². The average molecular weight is 188 g/mol. The Morgan fingerprint density at radius 3 is 2.36 bits per heavy atom. The van der Waals surface area contributed by atoms with Crippen molar-refractivity contribution in [2.24, 2.45) is 0 Å². The lowest BCUT2D eigenvalue weighted by atomic mass is 10.4. The minimum Gasteiger partial charge on any atom is -0.135 e. The summed E-state index contributed by atoms with van der Waals surface area (Å²) in [6.45, 7) is 9.33. The third-order valence-electron chi connectivity index (χ3n) is 1.28. The summed E-state index contributed by atoms with van der Waals surface area (Å²) in [6, 6.07) is 0. The molecular formula is C9H20SSi. The summed E-state index contributed by atoms with van der Waals surface area (Å²) in [5, 5.41) is 2.29. The number of unbranched alkanes of at least 4 members (excludes halogenated alkanes) is 1. The molecule has 0 aliphatic heterocycles. The van der Waals surface area contributed by atoms with Crippen molar-refractivity contribution >= 4 is 19.8 Å². The summed E-state index contributed by atoms with van der Waals surface area (Å²) in [6.07, 6.45) is 2.66. The Bertz CT molecular complexity index is 113. The Kier molecular flexibility index (Phi) is 6.06. The lowest BCUT2D eigenvalue weighted by molar-refractivity contribution is 0.898. The van der Waals surface area contributed by atoms with Crippen molar-refractivity contribution < 1.29 is 0 Å². The highest BCUT2D eigenvalue weighted by molar-refractivity contribution is 8.02. The lowest BCUT2D eigenvalue weighted by Gasteiger charge is -2.07. The zero-order valence-corrected chi connectivity index (χ0v) is 10.0. The van der Waals surface area contributed by atoms with Crippen molar-refractivity contribution in [3.63, 3.8) is 0 Å². The molecule has 0 spiro atoms. The van der Waals surface area contributed by atoms with E-state index >= 15 is 0 Å². The van der Waals surface area contributed by atoms with Crippen molar-refractivity contribution in [2.75, 3.05) is 5.75 Å². The Morgan fingerprint density at radius 1 is 1.27 bits per heavy atom. The molecule has 0 saturated heterocycles. The van der Waals surface area contributed by atoms with Crippen molar-refractivity contribution in [2.45, 2.75) is 39.4 Å². The molecule has 0 aliphatic carbocycles. The van der Waals surface area contributed by atoms with E-state index in [2.05, 4.69) is 37.7 Å². The summed E-state index contributed by atoms with van der Waals surface area (Å²) in [7, 11) is -0.919. The van der Waals surface area contributed by atoms with E-state index in [-0.39, 0.29) is 0 Å². The monoisotopic (exact) mass is 188 g/mol. The number of rotatable bonds is 5. The van der Waals surface area contributed by atoms with Gasteiger partial charge in [0, 0.05) is 0 Å². The topological polar surface area (TPSA) is 0 Å². The van der Waals surface area contributed by atoms with E-state index in [9.17, 15) is 0 Å². The molecule has 0 atom stereocenters. The van der Waals surface area contributed by atoms with Crippen LogP contribution < -0.4 is 0 Å². The third kappa shape index (κ3) is 10.3. The van der Waals surface area contributed by atoms with Crippen molar-refractivity contribution in [1.29, 1.82) is 0 Å². The summed E-state index contributed by atoms with van der Waals surface area (Å²) >= 11 is 1.96. The minimum absolute atomic E-state index is 0.919. The summed E-state index contributed by atoms with van der Waals surface area (Å²) in [5.41, 5.74) is 2.41. The fraction of sp³-hybridized carbons (Fsp3) is 0.778. The van der Waals surface area contributed by atoms with Gasteiger partial charge in [-0.05, 0) is 17.6 Å². The molecule has 0 nitrogen and oxygen atoms in total. The van der Waals surface area contributed by atoms with Crippen LogP contribution in [0.4, 0.5) is 0 Å². The van der Waals surface area contributed by atoms with Gasteiger partial charge in [0.2, 0.25) is 0 Å². The molecule has 66 valence electrons. The van der Waals surface area contributed by atoms with E-state index in [1.165, 1.54) is 18.6 Å². The fourth-order valence-electron chi connectivity index (χ4n) is 0.548. The zero-order valence-electron chi connectivity index (χ0n) is 8.18. The van der Waals surface area contributed by atoms with E-state index < -0.39 is 8.07 Å². The van der Waals surface area contributed by atoms with E-state index in [1.807, 2.05) is 11.8 Å². The van der Waals surface area contributed by atoms with Crippen LogP contribution in [0.5, 0.6) is 0 Å². The Labute approximate surface area is 76.5 Å². The maximum atomic E-state index is 2.41. The first-order chi connectivity index (χ1) is 5.06. The van der Waals surface area contributed by atoms with E-state index in [4.69, 9.17) is 0 Å². The van der Waals surface area contributed by atoms with Crippen molar-refractivity contribution in [1.82, 2.24) is 0 Å². The second-order valence-corrected chi connectivity index (χ2v) is 9.97. The Balaban J connectivity index is 3.30.